The molecule has 121 valence electrons. The second-order valence-corrected chi connectivity index (χ2v) is 4.92. The summed E-state index contributed by atoms with van der Waals surface area (Å²) in [6.07, 6.45) is 1.88. The van der Waals surface area contributed by atoms with E-state index in [1.165, 1.54) is 7.69 Å². The number of benzene rings is 2. The maximum Gasteiger partial charge on any atom is 0.658 e. The number of hydrogen-bond acceptors (Lipinski definition) is 4. The fourth-order valence-corrected chi connectivity index (χ4v) is 1.89. The van der Waals surface area contributed by atoms with E-state index in [2.05, 4.69) is 13.8 Å². The number of para-hydroxylation sites is 4. The van der Waals surface area contributed by atoms with Gasteiger partial charge in [-0.05, 0) is 37.1 Å². The van der Waals surface area contributed by atoms with Crippen molar-refractivity contribution in [2.75, 3.05) is 13.2 Å². The molecular formula is C18H22BO4. The maximum absolute atomic E-state index is 5.64. The molecule has 5 heteroatoms. The quantitative estimate of drug-likeness (QED) is 0.614. The molecule has 23 heavy (non-hydrogen) atoms. The van der Waals surface area contributed by atoms with Crippen LogP contribution in [-0.2, 0) is 0 Å². The van der Waals surface area contributed by atoms with Gasteiger partial charge in [0.25, 0.3) is 0 Å². The second kappa shape index (κ2) is 9.67. The highest BCUT2D eigenvalue weighted by molar-refractivity contribution is 6.21. The minimum Gasteiger partial charge on any atom is -0.524 e. The molecule has 0 aliphatic rings. The van der Waals surface area contributed by atoms with Gasteiger partial charge in [-0.3, -0.25) is 0 Å². The zero-order chi connectivity index (χ0) is 16.3. The van der Waals surface area contributed by atoms with E-state index in [4.69, 9.17) is 18.8 Å². The Morgan fingerprint density at radius 2 is 1.04 bits per heavy atom. The molecule has 0 spiro atoms. The molecule has 4 nitrogen and oxygen atoms in total. The average molecular weight is 313 g/mol. The van der Waals surface area contributed by atoms with Crippen LogP contribution in [-0.4, -0.2) is 20.9 Å². The predicted octanol–water partition coefficient (Wildman–Crippen LogP) is 4.26. The van der Waals surface area contributed by atoms with Gasteiger partial charge in [0.1, 0.15) is 11.5 Å². The lowest BCUT2D eigenvalue weighted by atomic mass is 10.2. The Kier molecular flexibility index (Phi) is 7.17. The van der Waals surface area contributed by atoms with E-state index in [9.17, 15) is 0 Å². The minimum absolute atomic E-state index is 0.618. The van der Waals surface area contributed by atoms with E-state index in [0.29, 0.717) is 36.2 Å². The van der Waals surface area contributed by atoms with E-state index in [0.717, 1.165) is 12.8 Å². The fourth-order valence-electron chi connectivity index (χ4n) is 1.89. The van der Waals surface area contributed by atoms with Crippen LogP contribution in [0.4, 0.5) is 0 Å². The Bertz CT molecular complexity index is 537. The van der Waals surface area contributed by atoms with Crippen LogP contribution in [0.1, 0.15) is 26.7 Å². The van der Waals surface area contributed by atoms with Crippen molar-refractivity contribution >= 4 is 7.69 Å². The van der Waals surface area contributed by atoms with Crippen LogP contribution in [0.2, 0.25) is 0 Å². The molecule has 0 aliphatic carbocycles. The third-order valence-corrected chi connectivity index (χ3v) is 2.97. The van der Waals surface area contributed by atoms with Crippen LogP contribution in [0.15, 0.2) is 48.5 Å². The van der Waals surface area contributed by atoms with Gasteiger partial charge in [-0.2, -0.15) is 0 Å². The molecule has 0 amide bonds. The number of hydrogen-bond donors (Lipinski definition) is 0. The van der Waals surface area contributed by atoms with Crippen molar-refractivity contribution in [1.29, 1.82) is 0 Å². The molecule has 0 heterocycles. The van der Waals surface area contributed by atoms with Crippen molar-refractivity contribution in [3.05, 3.63) is 48.5 Å². The molecule has 0 bridgehead atoms. The zero-order valence-electron chi connectivity index (χ0n) is 13.7. The normalized spacial score (nSPS) is 10.0. The minimum atomic E-state index is 0.618. The zero-order valence-corrected chi connectivity index (χ0v) is 13.7. The van der Waals surface area contributed by atoms with Crippen LogP contribution < -0.4 is 18.8 Å². The van der Waals surface area contributed by atoms with Gasteiger partial charge in [-0.1, -0.05) is 38.1 Å². The predicted molar refractivity (Wildman–Crippen MR) is 91.5 cm³/mol. The standard InChI is InChI=1S/C18H22BO4/c1-3-13-20-15-9-5-7-11-17(15)22-19-23-18-12-8-6-10-16(18)21-14-4-2/h5-12H,3-4,13-14H2,1-2H3. The van der Waals surface area contributed by atoms with Gasteiger partial charge in [0, 0.05) is 0 Å². The van der Waals surface area contributed by atoms with Gasteiger partial charge in [-0.15, -0.1) is 0 Å². The first-order valence-electron chi connectivity index (χ1n) is 7.93. The maximum atomic E-state index is 5.64. The molecule has 0 unspecified atom stereocenters. The monoisotopic (exact) mass is 313 g/mol. The van der Waals surface area contributed by atoms with Crippen molar-refractivity contribution in [3.63, 3.8) is 0 Å². The Hall–Kier alpha value is -2.30. The van der Waals surface area contributed by atoms with Gasteiger partial charge in [0.05, 0.1) is 13.2 Å². The van der Waals surface area contributed by atoms with Crippen LogP contribution in [0.25, 0.3) is 0 Å². The summed E-state index contributed by atoms with van der Waals surface area (Å²) in [5.41, 5.74) is 0. The molecule has 0 fully saturated rings. The molecule has 0 saturated heterocycles. The summed E-state index contributed by atoms with van der Waals surface area (Å²) >= 11 is 0. The van der Waals surface area contributed by atoms with Crippen LogP contribution >= 0.6 is 0 Å². The Labute approximate surface area is 138 Å². The third-order valence-electron chi connectivity index (χ3n) is 2.97. The second-order valence-electron chi connectivity index (χ2n) is 4.92. The van der Waals surface area contributed by atoms with Crippen molar-refractivity contribution in [2.24, 2.45) is 0 Å². The molecule has 0 saturated carbocycles. The van der Waals surface area contributed by atoms with Crippen LogP contribution in [0, 0.1) is 0 Å². The van der Waals surface area contributed by atoms with Crippen LogP contribution in [0.3, 0.4) is 0 Å². The highest BCUT2D eigenvalue weighted by Crippen LogP contribution is 2.28. The Morgan fingerprint density at radius 1 is 0.652 bits per heavy atom. The first kappa shape index (κ1) is 17.1. The topological polar surface area (TPSA) is 36.9 Å². The van der Waals surface area contributed by atoms with Gasteiger partial charge in [-0.25, -0.2) is 0 Å². The van der Waals surface area contributed by atoms with Crippen molar-refractivity contribution in [1.82, 2.24) is 0 Å². The molecular weight excluding hydrogens is 291 g/mol. The largest absolute Gasteiger partial charge is 0.658 e. The third kappa shape index (κ3) is 5.44. The van der Waals surface area contributed by atoms with Crippen molar-refractivity contribution < 1.29 is 18.8 Å². The summed E-state index contributed by atoms with van der Waals surface area (Å²) < 4.78 is 22.4. The van der Waals surface area contributed by atoms with Crippen LogP contribution in [0.5, 0.6) is 23.0 Å². The Morgan fingerprint density at radius 3 is 1.43 bits per heavy atom. The highest BCUT2D eigenvalue weighted by Gasteiger charge is 2.10. The first-order valence-corrected chi connectivity index (χ1v) is 7.93. The lowest BCUT2D eigenvalue weighted by Gasteiger charge is -2.13. The number of ether oxygens (including phenoxy) is 2. The Balaban J connectivity index is 1.92. The molecule has 0 N–H and O–H groups in total. The molecule has 0 aliphatic heterocycles. The van der Waals surface area contributed by atoms with E-state index < -0.39 is 0 Å². The molecule has 0 atom stereocenters. The summed E-state index contributed by atoms with van der Waals surface area (Å²) in [5.74, 6) is 2.63. The lowest BCUT2D eigenvalue weighted by molar-refractivity contribution is 0.299. The summed E-state index contributed by atoms with van der Waals surface area (Å²) in [4.78, 5) is 0. The summed E-state index contributed by atoms with van der Waals surface area (Å²) in [6, 6.07) is 15.0. The SMILES string of the molecule is CCCOc1ccccc1O[B]Oc1ccccc1OCCC. The van der Waals surface area contributed by atoms with Gasteiger partial charge >= 0.3 is 7.69 Å². The van der Waals surface area contributed by atoms with Crippen molar-refractivity contribution in [3.8, 4) is 23.0 Å². The van der Waals surface area contributed by atoms with Crippen molar-refractivity contribution in [2.45, 2.75) is 26.7 Å². The summed E-state index contributed by atoms with van der Waals surface area (Å²) in [7, 11) is 1.29. The molecule has 2 aromatic carbocycles. The molecule has 1 radical (unpaired) electrons. The lowest BCUT2D eigenvalue weighted by Crippen LogP contribution is -2.12. The molecule has 0 aromatic heterocycles. The highest BCUT2D eigenvalue weighted by atomic mass is 16.6. The van der Waals surface area contributed by atoms with Gasteiger partial charge < -0.3 is 18.8 Å². The van der Waals surface area contributed by atoms with Gasteiger partial charge in [0.2, 0.25) is 0 Å². The average Bonchev–Trinajstić information content (AvgIpc) is 2.60. The van der Waals surface area contributed by atoms with E-state index in [1.54, 1.807) is 0 Å². The molecule has 2 aromatic rings. The summed E-state index contributed by atoms with van der Waals surface area (Å²) in [5, 5.41) is 0. The van der Waals surface area contributed by atoms with Gasteiger partial charge in [0.15, 0.2) is 11.5 Å². The fraction of sp³-hybridized carbons (Fsp3) is 0.333. The number of rotatable bonds is 10. The van der Waals surface area contributed by atoms with E-state index >= 15 is 0 Å². The smallest absolute Gasteiger partial charge is 0.524 e. The van der Waals surface area contributed by atoms with E-state index in [1.807, 2.05) is 48.5 Å². The first-order chi connectivity index (χ1) is 11.3. The van der Waals surface area contributed by atoms with E-state index in [-0.39, 0.29) is 0 Å². The summed E-state index contributed by atoms with van der Waals surface area (Å²) in [6.45, 7) is 5.42. The molecule has 2 rings (SSSR count).